The first-order valence-electron chi connectivity index (χ1n) is 9.07. The standard InChI is InChI=1S/C21H24ClN3O4/c1-13(19(27)25-17-10-9-16(22)11-23-17)29-18(26)12-24-20(28)14-5-7-15(8-6-14)21(2,3)4/h5-11,13H,12H2,1-4H3,(H,24,28)(H,23,25,27). The third-order valence-corrected chi connectivity index (χ3v) is 4.29. The minimum atomic E-state index is -1.05. The normalized spacial score (nSPS) is 12.0. The smallest absolute Gasteiger partial charge is 0.326 e. The topological polar surface area (TPSA) is 97.4 Å². The van der Waals surface area contributed by atoms with Crippen LogP contribution in [-0.2, 0) is 19.7 Å². The number of nitrogens with zero attached hydrogens (tertiary/aromatic N) is 1. The number of esters is 1. The van der Waals surface area contributed by atoms with Gasteiger partial charge in [0.25, 0.3) is 11.8 Å². The van der Waals surface area contributed by atoms with Gasteiger partial charge < -0.3 is 15.4 Å². The van der Waals surface area contributed by atoms with Crippen LogP contribution in [-0.4, -0.2) is 35.4 Å². The van der Waals surface area contributed by atoms with E-state index < -0.39 is 23.9 Å². The average Bonchev–Trinajstić information content (AvgIpc) is 2.67. The SMILES string of the molecule is CC(OC(=O)CNC(=O)c1ccc(C(C)(C)C)cc1)C(=O)Nc1ccc(Cl)cn1. The summed E-state index contributed by atoms with van der Waals surface area (Å²) in [7, 11) is 0. The van der Waals surface area contributed by atoms with Crippen LogP contribution in [0.25, 0.3) is 0 Å². The summed E-state index contributed by atoms with van der Waals surface area (Å²) in [5.74, 6) is -1.38. The Morgan fingerprint density at radius 1 is 1.10 bits per heavy atom. The van der Waals surface area contributed by atoms with Crippen molar-refractivity contribution in [2.24, 2.45) is 0 Å². The Hall–Kier alpha value is -2.93. The van der Waals surface area contributed by atoms with Crippen LogP contribution in [0.1, 0.15) is 43.6 Å². The molecule has 0 saturated carbocycles. The van der Waals surface area contributed by atoms with Gasteiger partial charge in [-0.05, 0) is 42.2 Å². The van der Waals surface area contributed by atoms with E-state index in [4.69, 9.17) is 16.3 Å². The lowest BCUT2D eigenvalue weighted by atomic mass is 9.87. The van der Waals surface area contributed by atoms with Crippen LogP contribution in [0.15, 0.2) is 42.6 Å². The molecule has 0 saturated heterocycles. The molecule has 154 valence electrons. The van der Waals surface area contributed by atoms with Crippen molar-refractivity contribution in [1.29, 1.82) is 0 Å². The zero-order valence-corrected chi connectivity index (χ0v) is 17.5. The summed E-state index contributed by atoms with van der Waals surface area (Å²) in [5, 5.41) is 5.43. The van der Waals surface area contributed by atoms with Crippen molar-refractivity contribution in [2.75, 3.05) is 11.9 Å². The molecule has 7 nitrogen and oxygen atoms in total. The first-order valence-corrected chi connectivity index (χ1v) is 9.44. The summed E-state index contributed by atoms with van der Waals surface area (Å²) >= 11 is 5.73. The first-order chi connectivity index (χ1) is 13.6. The lowest BCUT2D eigenvalue weighted by molar-refractivity contribution is -0.152. The van der Waals surface area contributed by atoms with E-state index in [1.807, 2.05) is 12.1 Å². The molecule has 2 N–H and O–H groups in total. The zero-order chi connectivity index (χ0) is 21.6. The molecule has 0 aliphatic carbocycles. The fourth-order valence-electron chi connectivity index (χ4n) is 2.35. The second-order valence-electron chi connectivity index (χ2n) is 7.49. The molecule has 0 aliphatic heterocycles. The molecule has 1 aromatic carbocycles. The number of anilines is 1. The second-order valence-corrected chi connectivity index (χ2v) is 7.93. The third kappa shape index (κ3) is 6.87. The number of nitrogens with one attached hydrogen (secondary N) is 2. The van der Waals surface area contributed by atoms with E-state index in [1.165, 1.54) is 19.2 Å². The predicted octanol–water partition coefficient (Wildman–Crippen LogP) is 3.33. The molecule has 8 heteroatoms. The number of aromatic nitrogens is 1. The number of pyridine rings is 1. The molecule has 1 atom stereocenters. The van der Waals surface area contributed by atoms with Crippen molar-refractivity contribution in [3.05, 3.63) is 58.7 Å². The second kappa shape index (κ2) is 9.52. The first kappa shape index (κ1) is 22.4. The summed E-state index contributed by atoms with van der Waals surface area (Å²) in [6.07, 6.45) is 0.333. The number of ether oxygens (including phenoxy) is 1. The average molecular weight is 418 g/mol. The molecule has 1 heterocycles. The van der Waals surface area contributed by atoms with Crippen LogP contribution in [0, 0.1) is 0 Å². The van der Waals surface area contributed by atoms with Crippen LogP contribution in [0.4, 0.5) is 5.82 Å². The zero-order valence-electron chi connectivity index (χ0n) is 16.8. The Balaban J connectivity index is 1.81. The quantitative estimate of drug-likeness (QED) is 0.702. The van der Waals surface area contributed by atoms with Gasteiger partial charge in [-0.3, -0.25) is 14.4 Å². The van der Waals surface area contributed by atoms with Crippen molar-refractivity contribution in [3.8, 4) is 0 Å². The molecule has 2 amide bonds. The van der Waals surface area contributed by atoms with E-state index in [0.717, 1.165) is 5.56 Å². The minimum absolute atomic E-state index is 0.0168. The molecular weight excluding hydrogens is 394 g/mol. The maximum atomic E-state index is 12.2. The number of hydrogen-bond donors (Lipinski definition) is 2. The number of carbonyl (C=O) groups excluding carboxylic acids is 3. The molecule has 2 rings (SSSR count). The van der Waals surface area contributed by atoms with Gasteiger partial charge in [0.2, 0.25) is 0 Å². The molecule has 0 aliphatic rings. The molecule has 0 fully saturated rings. The maximum absolute atomic E-state index is 12.2. The van der Waals surface area contributed by atoms with E-state index in [0.29, 0.717) is 10.6 Å². The number of hydrogen-bond acceptors (Lipinski definition) is 5. The number of rotatable bonds is 6. The number of benzene rings is 1. The van der Waals surface area contributed by atoms with Crippen molar-refractivity contribution < 1.29 is 19.1 Å². The van der Waals surface area contributed by atoms with E-state index in [2.05, 4.69) is 36.4 Å². The van der Waals surface area contributed by atoms with Crippen LogP contribution in [0.3, 0.4) is 0 Å². The molecule has 0 spiro atoms. The van der Waals surface area contributed by atoms with Crippen LogP contribution >= 0.6 is 11.6 Å². The Morgan fingerprint density at radius 2 is 1.76 bits per heavy atom. The molecule has 0 bridgehead atoms. The summed E-state index contributed by atoms with van der Waals surface area (Å²) in [5.41, 5.74) is 1.52. The van der Waals surface area contributed by atoms with E-state index in [1.54, 1.807) is 18.2 Å². The van der Waals surface area contributed by atoms with Gasteiger partial charge in [0.15, 0.2) is 6.10 Å². The number of halogens is 1. The summed E-state index contributed by atoms with van der Waals surface area (Å²) < 4.78 is 5.04. The lowest BCUT2D eigenvalue weighted by Gasteiger charge is -2.19. The van der Waals surface area contributed by atoms with Gasteiger partial charge in [-0.2, -0.15) is 0 Å². The fraction of sp³-hybridized carbons (Fsp3) is 0.333. The van der Waals surface area contributed by atoms with Crippen LogP contribution < -0.4 is 10.6 Å². The van der Waals surface area contributed by atoms with Gasteiger partial charge in [-0.25, -0.2) is 4.98 Å². The maximum Gasteiger partial charge on any atom is 0.326 e. The van der Waals surface area contributed by atoms with Gasteiger partial charge in [0.05, 0.1) is 5.02 Å². The highest BCUT2D eigenvalue weighted by Gasteiger charge is 2.19. The summed E-state index contributed by atoms with van der Waals surface area (Å²) in [6.45, 7) is 7.32. The fourth-order valence-corrected chi connectivity index (χ4v) is 2.46. The van der Waals surface area contributed by atoms with Gasteiger partial charge in [0, 0.05) is 11.8 Å². The predicted molar refractivity (Wildman–Crippen MR) is 111 cm³/mol. The van der Waals surface area contributed by atoms with Crippen molar-refractivity contribution in [3.63, 3.8) is 0 Å². The van der Waals surface area contributed by atoms with Crippen molar-refractivity contribution in [2.45, 2.75) is 39.2 Å². The minimum Gasteiger partial charge on any atom is -0.451 e. The van der Waals surface area contributed by atoms with Crippen molar-refractivity contribution >= 4 is 35.2 Å². The molecular formula is C21H24ClN3O4. The van der Waals surface area contributed by atoms with E-state index in [9.17, 15) is 14.4 Å². The van der Waals surface area contributed by atoms with Crippen LogP contribution in [0.2, 0.25) is 5.02 Å². The van der Waals surface area contributed by atoms with E-state index in [-0.39, 0.29) is 17.8 Å². The monoisotopic (exact) mass is 417 g/mol. The largest absolute Gasteiger partial charge is 0.451 e. The number of carbonyl (C=O) groups is 3. The van der Waals surface area contributed by atoms with Crippen LogP contribution in [0.5, 0.6) is 0 Å². The Labute approximate surface area is 174 Å². The molecule has 1 unspecified atom stereocenters. The molecule has 0 radical (unpaired) electrons. The highest BCUT2D eigenvalue weighted by molar-refractivity contribution is 6.30. The van der Waals surface area contributed by atoms with Crippen molar-refractivity contribution in [1.82, 2.24) is 10.3 Å². The highest BCUT2D eigenvalue weighted by atomic mass is 35.5. The Morgan fingerprint density at radius 3 is 2.31 bits per heavy atom. The van der Waals surface area contributed by atoms with Gasteiger partial charge in [-0.1, -0.05) is 44.5 Å². The Kier molecular flexibility index (Phi) is 7.34. The Bertz CT molecular complexity index is 874. The highest BCUT2D eigenvalue weighted by Crippen LogP contribution is 2.22. The van der Waals surface area contributed by atoms with E-state index >= 15 is 0 Å². The number of amides is 2. The molecule has 1 aromatic heterocycles. The van der Waals surface area contributed by atoms with Gasteiger partial charge >= 0.3 is 5.97 Å². The third-order valence-electron chi connectivity index (χ3n) is 4.06. The van der Waals surface area contributed by atoms with Gasteiger partial charge in [0.1, 0.15) is 12.4 Å². The summed E-state index contributed by atoms with van der Waals surface area (Å²) in [4.78, 5) is 40.1. The molecule has 2 aromatic rings. The lowest BCUT2D eigenvalue weighted by Crippen LogP contribution is -2.36. The van der Waals surface area contributed by atoms with Gasteiger partial charge in [-0.15, -0.1) is 0 Å². The summed E-state index contributed by atoms with van der Waals surface area (Å²) in [6, 6.07) is 10.3. The molecule has 29 heavy (non-hydrogen) atoms.